The van der Waals surface area contributed by atoms with E-state index in [1.807, 2.05) is 75.4 Å². The number of carbonyl (C=O) groups is 1. The van der Waals surface area contributed by atoms with E-state index in [4.69, 9.17) is 9.15 Å². The zero-order chi connectivity index (χ0) is 22.0. The van der Waals surface area contributed by atoms with E-state index in [0.29, 0.717) is 23.7 Å². The van der Waals surface area contributed by atoms with Gasteiger partial charge < -0.3 is 14.5 Å². The first-order chi connectivity index (χ1) is 14.9. The van der Waals surface area contributed by atoms with E-state index in [-0.39, 0.29) is 12.5 Å². The Morgan fingerprint density at radius 3 is 2.55 bits per heavy atom. The van der Waals surface area contributed by atoms with Crippen molar-refractivity contribution in [2.75, 3.05) is 11.9 Å². The van der Waals surface area contributed by atoms with Crippen LogP contribution in [0.1, 0.15) is 28.1 Å². The van der Waals surface area contributed by atoms with E-state index in [1.165, 1.54) is 0 Å². The number of benzene rings is 3. The third-order valence-corrected chi connectivity index (χ3v) is 5.49. The number of hydrogen-bond acceptors (Lipinski definition) is 4. The maximum Gasteiger partial charge on any atom is 0.262 e. The summed E-state index contributed by atoms with van der Waals surface area (Å²) in [6.45, 7) is 5.95. The fourth-order valence-corrected chi connectivity index (χ4v) is 4.25. The van der Waals surface area contributed by atoms with Crippen LogP contribution in [0.15, 0.2) is 63.5 Å². The minimum absolute atomic E-state index is 0.0629. The number of halogens is 1. The van der Waals surface area contributed by atoms with Gasteiger partial charge in [-0.25, -0.2) is 4.98 Å². The van der Waals surface area contributed by atoms with Gasteiger partial charge in [-0.2, -0.15) is 0 Å². The minimum atomic E-state index is -0.214. The van der Waals surface area contributed by atoms with Crippen molar-refractivity contribution in [3.63, 3.8) is 0 Å². The molecule has 0 bridgehead atoms. The maximum atomic E-state index is 12.3. The van der Waals surface area contributed by atoms with Gasteiger partial charge in [0.2, 0.25) is 0 Å². The molecule has 6 heteroatoms. The molecule has 1 N–H and O–H groups in total. The number of aromatic nitrogens is 1. The highest BCUT2D eigenvalue weighted by Gasteiger charge is 2.11. The molecular weight excluding hydrogens is 456 g/mol. The van der Waals surface area contributed by atoms with Crippen molar-refractivity contribution in [2.45, 2.75) is 27.2 Å². The largest absolute Gasteiger partial charge is 0.482 e. The number of aryl methyl sites for hydroxylation is 3. The average Bonchev–Trinajstić information content (AvgIpc) is 3.10. The SMILES string of the molecule is Cc1cc(C)c(OCC(=O)Nc2ccc(Cc3nc4cc(C)ccc4o3)cc2)c(Br)c1. The lowest BCUT2D eigenvalue weighted by Gasteiger charge is -2.12. The third-order valence-electron chi connectivity index (χ3n) is 4.90. The summed E-state index contributed by atoms with van der Waals surface area (Å²) in [5.41, 5.74) is 6.70. The molecule has 0 spiro atoms. The van der Waals surface area contributed by atoms with Gasteiger partial charge in [0.1, 0.15) is 11.3 Å². The van der Waals surface area contributed by atoms with Crippen LogP contribution >= 0.6 is 15.9 Å². The quantitative estimate of drug-likeness (QED) is 0.362. The second-order valence-corrected chi connectivity index (χ2v) is 8.54. The number of ether oxygens (including phenoxy) is 1. The van der Waals surface area contributed by atoms with Crippen LogP contribution in [0.2, 0.25) is 0 Å². The van der Waals surface area contributed by atoms with Crippen LogP contribution in [0.5, 0.6) is 5.75 Å². The molecule has 1 heterocycles. The van der Waals surface area contributed by atoms with Crippen molar-refractivity contribution < 1.29 is 13.9 Å². The van der Waals surface area contributed by atoms with E-state index in [0.717, 1.165) is 37.8 Å². The molecule has 0 aliphatic rings. The molecule has 0 fully saturated rings. The van der Waals surface area contributed by atoms with E-state index in [2.05, 4.69) is 26.2 Å². The van der Waals surface area contributed by atoms with E-state index < -0.39 is 0 Å². The van der Waals surface area contributed by atoms with Gasteiger partial charge in [-0.3, -0.25) is 4.79 Å². The normalized spacial score (nSPS) is 11.0. The summed E-state index contributed by atoms with van der Waals surface area (Å²) in [6.07, 6.45) is 0.589. The van der Waals surface area contributed by atoms with Crippen LogP contribution in [0, 0.1) is 20.8 Å². The molecule has 0 saturated carbocycles. The molecule has 4 rings (SSSR count). The molecule has 4 aromatic rings. The van der Waals surface area contributed by atoms with Crippen molar-refractivity contribution in [3.8, 4) is 5.75 Å². The Balaban J connectivity index is 1.35. The monoisotopic (exact) mass is 478 g/mol. The van der Waals surface area contributed by atoms with Gasteiger partial charge in [-0.1, -0.05) is 24.3 Å². The van der Waals surface area contributed by atoms with E-state index in [1.54, 1.807) is 0 Å². The van der Waals surface area contributed by atoms with Crippen LogP contribution in [0.3, 0.4) is 0 Å². The first kappa shape index (κ1) is 21.1. The van der Waals surface area contributed by atoms with Crippen molar-refractivity contribution in [3.05, 3.63) is 87.2 Å². The number of hydrogen-bond donors (Lipinski definition) is 1. The van der Waals surface area contributed by atoms with Gasteiger partial charge in [-0.05, 0) is 89.3 Å². The highest BCUT2D eigenvalue weighted by atomic mass is 79.9. The highest BCUT2D eigenvalue weighted by Crippen LogP contribution is 2.30. The summed E-state index contributed by atoms with van der Waals surface area (Å²) in [5, 5.41) is 2.86. The topological polar surface area (TPSA) is 64.4 Å². The molecule has 3 aromatic carbocycles. The first-order valence-electron chi connectivity index (χ1n) is 10.0. The highest BCUT2D eigenvalue weighted by molar-refractivity contribution is 9.10. The number of oxazole rings is 1. The summed E-state index contributed by atoms with van der Waals surface area (Å²) >= 11 is 3.50. The zero-order valence-electron chi connectivity index (χ0n) is 17.7. The molecule has 0 radical (unpaired) electrons. The lowest BCUT2D eigenvalue weighted by atomic mass is 10.1. The first-order valence-corrected chi connectivity index (χ1v) is 10.8. The van der Waals surface area contributed by atoms with Gasteiger partial charge in [0, 0.05) is 12.1 Å². The van der Waals surface area contributed by atoms with Crippen molar-refractivity contribution in [1.29, 1.82) is 0 Å². The second-order valence-electron chi connectivity index (χ2n) is 7.68. The third kappa shape index (κ3) is 5.14. The van der Waals surface area contributed by atoms with Crippen molar-refractivity contribution in [2.24, 2.45) is 0 Å². The number of fused-ring (bicyclic) bond motifs is 1. The fraction of sp³-hybridized carbons (Fsp3) is 0.200. The molecule has 0 aliphatic carbocycles. The molecule has 1 amide bonds. The Labute approximate surface area is 189 Å². The number of amides is 1. The molecule has 0 aliphatic heterocycles. The Kier molecular flexibility index (Phi) is 6.09. The summed E-state index contributed by atoms with van der Waals surface area (Å²) in [7, 11) is 0. The van der Waals surface area contributed by atoms with Gasteiger partial charge in [0.05, 0.1) is 4.47 Å². The summed E-state index contributed by atoms with van der Waals surface area (Å²) in [4.78, 5) is 16.9. The minimum Gasteiger partial charge on any atom is -0.482 e. The smallest absolute Gasteiger partial charge is 0.262 e. The van der Waals surface area contributed by atoms with Crippen LogP contribution in [-0.2, 0) is 11.2 Å². The number of anilines is 1. The number of nitrogens with one attached hydrogen (secondary N) is 1. The molecule has 0 atom stereocenters. The molecular formula is C25H23BrN2O3. The Hall–Kier alpha value is -3.12. The predicted octanol–water partition coefficient (Wildman–Crippen LogP) is 6.12. The van der Waals surface area contributed by atoms with E-state index in [9.17, 15) is 4.79 Å². The van der Waals surface area contributed by atoms with Crippen LogP contribution < -0.4 is 10.1 Å². The maximum absolute atomic E-state index is 12.3. The van der Waals surface area contributed by atoms with Crippen LogP contribution in [0.4, 0.5) is 5.69 Å². The molecule has 0 saturated heterocycles. The summed E-state index contributed by atoms with van der Waals surface area (Å²) < 4.78 is 12.4. The number of rotatable bonds is 6. The van der Waals surface area contributed by atoms with Gasteiger partial charge in [-0.15, -0.1) is 0 Å². The molecule has 31 heavy (non-hydrogen) atoms. The fourth-order valence-electron chi connectivity index (χ4n) is 3.46. The van der Waals surface area contributed by atoms with Crippen LogP contribution in [0.25, 0.3) is 11.1 Å². The summed E-state index contributed by atoms with van der Waals surface area (Å²) in [5.74, 6) is 1.14. The van der Waals surface area contributed by atoms with Gasteiger partial charge >= 0.3 is 0 Å². The lowest BCUT2D eigenvalue weighted by Crippen LogP contribution is -2.20. The average molecular weight is 479 g/mol. The van der Waals surface area contributed by atoms with Gasteiger partial charge in [0.15, 0.2) is 18.1 Å². The van der Waals surface area contributed by atoms with Crippen molar-refractivity contribution >= 4 is 38.6 Å². The zero-order valence-corrected chi connectivity index (χ0v) is 19.2. The molecule has 5 nitrogen and oxygen atoms in total. The second kappa shape index (κ2) is 8.94. The van der Waals surface area contributed by atoms with Gasteiger partial charge in [0.25, 0.3) is 5.91 Å². The Bertz CT molecular complexity index is 1220. The predicted molar refractivity (Wildman–Crippen MR) is 126 cm³/mol. The summed E-state index contributed by atoms with van der Waals surface area (Å²) in [6, 6.07) is 17.6. The van der Waals surface area contributed by atoms with E-state index >= 15 is 0 Å². The molecule has 0 unspecified atom stereocenters. The standard InChI is InChI=1S/C25H23BrN2O3/c1-15-4-9-22-21(12-15)28-24(31-22)13-18-5-7-19(8-6-18)27-23(29)14-30-25-17(3)10-16(2)11-20(25)26/h4-12H,13-14H2,1-3H3,(H,27,29). The van der Waals surface area contributed by atoms with Crippen molar-refractivity contribution in [1.82, 2.24) is 4.98 Å². The number of nitrogens with zero attached hydrogens (tertiary/aromatic N) is 1. The molecule has 158 valence electrons. The van der Waals surface area contributed by atoms with Crippen LogP contribution in [-0.4, -0.2) is 17.5 Å². The lowest BCUT2D eigenvalue weighted by molar-refractivity contribution is -0.118. The Morgan fingerprint density at radius 2 is 1.81 bits per heavy atom. The molecule has 1 aromatic heterocycles. The number of carbonyl (C=O) groups excluding carboxylic acids is 1. The Morgan fingerprint density at radius 1 is 1.03 bits per heavy atom.